The van der Waals surface area contributed by atoms with E-state index in [9.17, 15) is 9.59 Å². The van der Waals surface area contributed by atoms with Crippen LogP contribution in [0.4, 0.5) is 0 Å². The zero-order valence-corrected chi connectivity index (χ0v) is 12.9. The first-order valence-electron chi connectivity index (χ1n) is 7.41. The van der Waals surface area contributed by atoms with Gasteiger partial charge in [-0.1, -0.05) is 27.7 Å². The molecule has 1 N–H and O–H groups in total. The molecular formula is C15H28N2O2. The highest BCUT2D eigenvalue weighted by molar-refractivity contribution is 5.95. The molecule has 2 unspecified atom stereocenters. The molecule has 0 radical (unpaired) electrons. The summed E-state index contributed by atoms with van der Waals surface area (Å²) in [6, 6.07) is -0.182. The van der Waals surface area contributed by atoms with Crippen molar-refractivity contribution in [2.45, 2.75) is 66.0 Å². The normalized spacial score (nSPS) is 22.1. The van der Waals surface area contributed by atoms with Crippen LogP contribution in [0.5, 0.6) is 0 Å². The van der Waals surface area contributed by atoms with Gasteiger partial charge >= 0.3 is 0 Å². The first-order chi connectivity index (χ1) is 8.81. The van der Waals surface area contributed by atoms with E-state index in [0.29, 0.717) is 11.8 Å². The van der Waals surface area contributed by atoms with E-state index in [0.717, 1.165) is 19.3 Å². The number of amides is 2. The molecule has 0 aromatic rings. The van der Waals surface area contributed by atoms with Crippen LogP contribution in [-0.4, -0.2) is 35.3 Å². The average molecular weight is 268 g/mol. The van der Waals surface area contributed by atoms with Crippen molar-refractivity contribution in [3.63, 3.8) is 0 Å². The van der Waals surface area contributed by atoms with Crippen molar-refractivity contribution >= 4 is 11.8 Å². The zero-order valence-electron chi connectivity index (χ0n) is 12.9. The molecule has 1 heterocycles. The lowest BCUT2D eigenvalue weighted by Crippen LogP contribution is -2.60. The minimum Gasteiger partial charge on any atom is -0.343 e. The van der Waals surface area contributed by atoms with Gasteiger partial charge in [0, 0.05) is 6.04 Å². The summed E-state index contributed by atoms with van der Waals surface area (Å²) in [6.45, 7) is 10.8. The highest BCUT2D eigenvalue weighted by Gasteiger charge is 2.35. The molecule has 1 saturated heterocycles. The van der Waals surface area contributed by atoms with Crippen LogP contribution in [-0.2, 0) is 9.59 Å². The third-order valence-electron chi connectivity index (χ3n) is 3.63. The highest BCUT2D eigenvalue weighted by atomic mass is 16.2. The lowest BCUT2D eigenvalue weighted by atomic mass is 9.98. The summed E-state index contributed by atoms with van der Waals surface area (Å²) >= 11 is 0. The van der Waals surface area contributed by atoms with Crippen molar-refractivity contribution in [2.24, 2.45) is 11.8 Å². The van der Waals surface area contributed by atoms with Crippen LogP contribution in [0.1, 0.15) is 53.9 Å². The van der Waals surface area contributed by atoms with Gasteiger partial charge in [-0.15, -0.1) is 0 Å². The van der Waals surface area contributed by atoms with Crippen LogP contribution in [0.25, 0.3) is 0 Å². The van der Waals surface area contributed by atoms with Crippen LogP contribution >= 0.6 is 0 Å². The van der Waals surface area contributed by atoms with Gasteiger partial charge < -0.3 is 10.2 Å². The lowest BCUT2D eigenvalue weighted by Gasteiger charge is -2.37. The van der Waals surface area contributed by atoms with Gasteiger partial charge in [0.2, 0.25) is 11.8 Å². The maximum absolute atomic E-state index is 12.4. The van der Waals surface area contributed by atoms with Crippen LogP contribution in [0, 0.1) is 11.8 Å². The summed E-state index contributed by atoms with van der Waals surface area (Å²) in [6.07, 6.45) is 2.77. The average Bonchev–Trinajstić information content (AvgIpc) is 2.29. The van der Waals surface area contributed by atoms with Gasteiger partial charge in [0.15, 0.2) is 0 Å². The summed E-state index contributed by atoms with van der Waals surface area (Å²) in [5.74, 6) is 1.09. The van der Waals surface area contributed by atoms with Crippen LogP contribution in [0.15, 0.2) is 0 Å². The molecule has 4 nitrogen and oxygen atoms in total. The molecule has 0 saturated carbocycles. The van der Waals surface area contributed by atoms with E-state index >= 15 is 0 Å². The van der Waals surface area contributed by atoms with Gasteiger partial charge in [0.1, 0.15) is 6.04 Å². The van der Waals surface area contributed by atoms with E-state index in [-0.39, 0.29) is 30.4 Å². The van der Waals surface area contributed by atoms with E-state index in [4.69, 9.17) is 0 Å². The Bertz CT molecular complexity index is 326. The number of piperazine rings is 1. The molecule has 2 atom stereocenters. The van der Waals surface area contributed by atoms with E-state index in [1.165, 1.54) is 0 Å². The molecule has 1 fully saturated rings. The molecular weight excluding hydrogens is 240 g/mol. The number of hydrogen-bond donors (Lipinski definition) is 1. The van der Waals surface area contributed by atoms with E-state index < -0.39 is 0 Å². The fourth-order valence-electron chi connectivity index (χ4n) is 2.47. The summed E-state index contributed by atoms with van der Waals surface area (Å²) in [7, 11) is 0. The fraction of sp³-hybridized carbons (Fsp3) is 0.867. The quantitative estimate of drug-likeness (QED) is 0.802. The number of rotatable bonds is 6. The van der Waals surface area contributed by atoms with Gasteiger partial charge in [-0.2, -0.15) is 0 Å². The minimum absolute atomic E-state index is 0.0263. The minimum atomic E-state index is -0.331. The molecule has 0 bridgehead atoms. The molecule has 0 aromatic carbocycles. The molecule has 1 rings (SSSR count). The Kier molecular flexibility index (Phi) is 5.83. The van der Waals surface area contributed by atoms with Gasteiger partial charge in [0.05, 0.1) is 6.54 Å². The van der Waals surface area contributed by atoms with E-state index in [1.54, 1.807) is 4.90 Å². The van der Waals surface area contributed by atoms with Gasteiger partial charge in [-0.05, 0) is 38.0 Å². The standard InChI is InChI=1S/C15H28N2O2/c1-10(2)6-7-12(5)17-9-14(18)16-13(15(17)19)8-11(3)4/h10-13H,6-9H2,1-5H3,(H,16,18). The van der Waals surface area contributed by atoms with Crippen molar-refractivity contribution in [1.29, 1.82) is 0 Å². The van der Waals surface area contributed by atoms with Gasteiger partial charge in [-0.3, -0.25) is 9.59 Å². The molecule has 19 heavy (non-hydrogen) atoms. The molecule has 0 spiro atoms. The Labute approximate surface area is 116 Å². The second-order valence-electron chi connectivity index (χ2n) is 6.54. The first kappa shape index (κ1) is 16.0. The maximum atomic E-state index is 12.4. The summed E-state index contributed by atoms with van der Waals surface area (Å²) in [4.78, 5) is 25.9. The maximum Gasteiger partial charge on any atom is 0.245 e. The number of carbonyl (C=O) groups is 2. The Balaban J connectivity index is 2.65. The van der Waals surface area contributed by atoms with Crippen molar-refractivity contribution in [2.75, 3.05) is 6.54 Å². The van der Waals surface area contributed by atoms with Crippen LogP contribution in [0.2, 0.25) is 0 Å². The second-order valence-corrected chi connectivity index (χ2v) is 6.54. The summed E-state index contributed by atoms with van der Waals surface area (Å²) < 4.78 is 0. The van der Waals surface area contributed by atoms with Gasteiger partial charge in [0.25, 0.3) is 0 Å². The highest BCUT2D eigenvalue weighted by Crippen LogP contribution is 2.17. The van der Waals surface area contributed by atoms with E-state index in [1.807, 2.05) is 6.92 Å². The molecule has 2 amide bonds. The van der Waals surface area contributed by atoms with Crippen molar-refractivity contribution < 1.29 is 9.59 Å². The summed E-state index contributed by atoms with van der Waals surface area (Å²) in [5.41, 5.74) is 0. The lowest BCUT2D eigenvalue weighted by molar-refractivity contribution is -0.147. The Morgan fingerprint density at radius 1 is 1.11 bits per heavy atom. The molecule has 110 valence electrons. The topological polar surface area (TPSA) is 49.4 Å². The monoisotopic (exact) mass is 268 g/mol. The molecule has 0 aliphatic carbocycles. The number of hydrogen-bond acceptors (Lipinski definition) is 2. The molecule has 1 aliphatic rings. The second kappa shape index (κ2) is 6.92. The smallest absolute Gasteiger partial charge is 0.245 e. The van der Waals surface area contributed by atoms with E-state index in [2.05, 4.69) is 33.0 Å². The van der Waals surface area contributed by atoms with Crippen molar-refractivity contribution in [3.8, 4) is 0 Å². The molecule has 0 aromatic heterocycles. The predicted molar refractivity (Wildman–Crippen MR) is 76.6 cm³/mol. The Morgan fingerprint density at radius 3 is 2.26 bits per heavy atom. The fourth-order valence-corrected chi connectivity index (χ4v) is 2.47. The molecule has 4 heteroatoms. The zero-order chi connectivity index (χ0) is 14.6. The van der Waals surface area contributed by atoms with Crippen LogP contribution in [0.3, 0.4) is 0 Å². The number of nitrogens with one attached hydrogen (secondary N) is 1. The summed E-state index contributed by atoms with van der Waals surface area (Å²) in [5, 5.41) is 2.82. The largest absolute Gasteiger partial charge is 0.343 e. The predicted octanol–water partition coefficient (Wildman–Crippen LogP) is 2.18. The number of nitrogens with zero attached hydrogens (tertiary/aromatic N) is 1. The van der Waals surface area contributed by atoms with Crippen molar-refractivity contribution in [3.05, 3.63) is 0 Å². The first-order valence-corrected chi connectivity index (χ1v) is 7.41. The Morgan fingerprint density at radius 2 is 1.74 bits per heavy atom. The SMILES string of the molecule is CC(C)CCC(C)N1CC(=O)NC(CC(C)C)C1=O. The third-order valence-corrected chi connectivity index (χ3v) is 3.63. The van der Waals surface area contributed by atoms with Crippen LogP contribution < -0.4 is 5.32 Å². The number of carbonyl (C=O) groups excluding carboxylic acids is 2. The Hall–Kier alpha value is -1.06. The van der Waals surface area contributed by atoms with Gasteiger partial charge in [-0.25, -0.2) is 0 Å². The van der Waals surface area contributed by atoms with Crippen molar-refractivity contribution in [1.82, 2.24) is 10.2 Å². The third kappa shape index (κ3) is 4.84. The molecule has 1 aliphatic heterocycles.